The zero-order valence-electron chi connectivity index (χ0n) is 11.6. The monoisotopic (exact) mass is 248 g/mol. The van der Waals surface area contributed by atoms with Crippen molar-refractivity contribution in [1.29, 1.82) is 0 Å². The van der Waals surface area contributed by atoms with E-state index in [4.69, 9.17) is 5.73 Å². The molecule has 0 spiro atoms. The number of carbonyl (C=O) groups is 1. The minimum absolute atomic E-state index is 0.0143. The summed E-state index contributed by atoms with van der Waals surface area (Å²) in [6.07, 6.45) is 0.747. The molecule has 1 aromatic carbocycles. The number of benzene rings is 1. The molecule has 0 saturated heterocycles. The van der Waals surface area contributed by atoms with E-state index in [-0.39, 0.29) is 11.8 Å². The molecule has 3 N–H and O–H groups in total. The zero-order chi connectivity index (χ0) is 13.5. The average molecular weight is 248 g/mol. The summed E-state index contributed by atoms with van der Waals surface area (Å²) in [4.78, 5) is 12.0. The molecule has 0 heterocycles. The quantitative estimate of drug-likeness (QED) is 0.811. The van der Waals surface area contributed by atoms with Gasteiger partial charge in [0.05, 0.1) is 0 Å². The van der Waals surface area contributed by atoms with Gasteiger partial charge in [-0.05, 0) is 31.4 Å². The van der Waals surface area contributed by atoms with Crippen LogP contribution in [0, 0.1) is 18.8 Å². The molecule has 0 aliphatic rings. The number of nitrogens with two attached hydrogens (primary N) is 1. The van der Waals surface area contributed by atoms with Crippen molar-refractivity contribution < 1.29 is 4.79 Å². The molecule has 1 aromatic rings. The summed E-state index contributed by atoms with van der Waals surface area (Å²) in [5.74, 6) is 0.447. The van der Waals surface area contributed by atoms with Gasteiger partial charge in [0.15, 0.2) is 0 Å². The maximum absolute atomic E-state index is 12.0. The van der Waals surface area contributed by atoms with Crippen molar-refractivity contribution in [1.82, 2.24) is 5.32 Å². The second-order valence-electron chi connectivity index (χ2n) is 5.13. The number of hydrogen-bond donors (Lipinski definition) is 2. The summed E-state index contributed by atoms with van der Waals surface area (Å²) in [6.45, 7) is 7.32. The lowest BCUT2D eigenvalue weighted by Gasteiger charge is -2.19. The summed E-state index contributed by atoms with van der Waals surface area (Å²) in [7, 11) is 0. The zero-order valence-corrected chi connectivity index (χ0v) is 11.6. The average Bonchev–Trinajstić information content (AvgIpc) is 2.34. The van der Waals surface area contributed by atoms with Gasteiger partial charge in [-0.15, -0.1) is 0 Å². The highest BCUT2D eigenvalue weighted by Gasteiger charge is 2.20. The lowest BCUT2D eigenvalue weighted by Crippen LogP contribution is -2.34. The normalized spacial score (nSPS) is 12.5. The van der Waals surface area contributed by atoms with Crippen LogP contribution in [-0.4, -0.2) is 12.5 Å². The molecule has 0 saturated carbocycles. The molecular weight excluding hydrogens is 224 g/mol. The predicted octanol–water partition coefficient (Wildman–Crippen LogP) is 2.23. The fourth-order valence-corrected chi connectivity index (χ4v) is 1.97. The van der Waals surface area contributed by atoms with E-state index < -0.39 is 0 Å². The third kappa shape index (κ3) is 4.49. The Morgan fingerprint density at radius 2 is 1.89 bits per heavy atom. The van der Waals surface area contributed by atoms with Crippen LogP contribution in [0.4, 0.5) is 0 Å². The smallest absolute Gasteiger partial charge is 0.223 e. The summed E-state index contributed by atoms with van der Waals surface area (Å²) in [5, 5.41) is 2.99. The van der Waals surface area contributed by atoms with E-state index in [1.165, 1.54) is 5.56 Å². The summed E-state index contributed by atoms with van der Waals surface area (Å²) in [5.41, 5.74) is 7.91. The van der Waals surface area contributed by atoms with Crippen LogP contribution in [-0.2, 0) is 11.3 Å². The summed E-state index contributed by atoms with van der Waals surface area (Å²) < 4.78 is 0. The van der Waals surface area contributed by atoms with Crippen molar-refractivity contribution in [2.45, 2.75) is 33.7 Å². The Bertz CT molecular complexity index is 371. The fourth-order valence-electron chi connectivity index (χ4n) is 1.97. The Hall–Kier alpha value is -1.35. The van der Waals surface area contributed by atoms with Gasteiger partial charge in [-0.2, -0.15) is 0 Å². The van der Waals surface area contributed by atoms with E-state index in [1.54, 1.807) is 0 Å². The maximum Gasteiger partial charge on any atom is 0.223 e. The highest BCUT2D eigenvalue weighted by molar-refractivity contribution is 5.78. The molecule has 1 amide bonds. The van der Waals surface area contributed by atoms with Gasteiger partial charge in [0.1, 0.15) is 0 Å². The van der Waals surface area contributed by atoms with Gasteiger partial charge in [0.25, 0.3) is 0 Å². The van der Waals surface area contributed by atoms with Crippen molar-refractivity contribution in [2.75, 3.05) is 6.54 Å². The number of rotatable bonds is 6. The van der Waals surface area contributed by atoms with Gasteiger partial charge in [-0.25, -0.2) is 0 Å². The van der Waals surface area contributed by atoms with E-state index in [0.717, 1.165) is 12.0 Å². The second-order valence-corrected chi connectivity index (χ2v) is 5.13. The van der Waals surface area contributed by atoms with Gasteiger partial charge in [0, 0.05) is 12.5 Å². The molecule has 1 rings (SSSR count). The Morgan fingerprint density at radius 3 is 2.39 bits per heavy atom. The van der Waals surface area contributed by atoms with Gasteiger partial charge in [-0.1, -0.05) is 43.7 Å². The Labute approximate surface area is 110 Å². The second kappa shape index (κ2) is 7.17. The first-order chi connectivity index (χ1) is 8.54. The van der Waals surface area contributed by atoms with Gasteiger partial charge >= 0.3 is 0 Å². The first-order valence-electron chi connectivity index (χ1n) is 6.58. The summed E-state index contributed by atoms with van der Waals surface area (Å²) >= 11 is 0. The first-order valence-corrected chi connectivity index (χ1v) is 6.58. The Balaban J connectivity index is 2.51. The highest BCUT2D eigenvalue weighted by atomic mass is 16.1. The van der Waals surface area contributed by atoms with Crippen LogP contribution >= 0.6 is 0 Å². The van der Waals surface area contributed by atoms with Crippen LogP contribution in [0.1, 0.15) is 31.4 Å². The fraction of sp³-hybridized carbons (Fsp3) is 0.533. The van der Waals surface area contributed by atoms with Crippen molar-refractivity contribution in [3.8, 4) is 0 Å². The largest absolute Gasteiger partial charge is 0.352 e. The van der Waals surface area contributed by atoms with Gasteiger partial charge < -0.3 is 11.1 Å². The Kier molecular flexibility index (Phi) is 5.86. The molecule has 0 radical (unpaired) electrons. The van der Waals surface area contributed by atoms with E-state index in [0.29, 0.717) is 19.0 Å². The van der Waals surface area contributed by atoms with E-state index >= 15 is 0 Å². The predicted molar refractivity (Wildman–Crippen MR) is 75.0 cm³/mol. The molecule has 0 aromatic heterocycles. The third-order valence-corrected chi connectivity index (χ3v) is 3.21. The highest BCUT2D eigenvalue weighted by Crippen LogP contribution is 2.14. The molecule has 3 nitrogen and oxygen atoms in total. The van der Waals surface area contributed by atoms with Crippen molar-refractivity contribution >= 4 is 5.91 Å². The molecule has 18 heavy (non-hydrogen) atoms. The number of aryl methyl sites for hydroxylation is 1. The van der Waals surface area contributed by atoms with Crippen LogP contribution in [0.25, 0.3) is 0 Å². The minimum Gasteiger partial charge on any atom is -0.352 e. The number of nitrogens with one attached hydrogen (secondary N) is 1. The number of hydrogen-bond acceptors (Lipinski definition) is 2. The minimum atomic E-state index is 0.0143. The van der Waals surface area contributed by atoms with E-state index in [9.17, 15) is 4.79 Å². The maximum atomic E-state index is 12.0. The van der Waals surface area contributed by atoms with Crippen LogP contribution in [0.5, 0.6) is 0 Å². The van der Waals surface area contributed by atoms with E-state index in [2.05, 4.69) is 38.2 Å². The standard InChI is InChI=1S/C15H24N2O/c1-11(2)14(8-9-16)15(18)17-10-13-6-4-12(3)5-7-13/h4-7,11,14H,8-10,16H2,1-3H3,(H,17,18). The van der Waals surface area contributed by atoms with Crippen LogP contribution < -0.4 is 11.1 Å². The lowest BCUT2D eigenvalue weighted by atomic mass is 9.91. The number of amides is 1. The van der Waals surface area contributed by atoms with Crippen molar-refractivity contribution in [3.05, 3.63) is 35.4 Å². The molecule has 100 valence electrons. The van der Waals surface area contributed by atoms with Gasteiger partial charge in [0.2, 0.25) is 5.91 Å². The van der Waals surface area contributed by atoms with Crippen LogP contribution in [0.15, 0.2) is 24.3 Å². The summed E-state index contributed by atoms with van der Waals surface area (Å²) in [6, 6.07) is 8.20. The van der Waals surface area contributed by atoms with Crippen LogP contribution in [0.2, 0.25) is 0 Å². The van der Waals surface area contributed by atoms with Crippen LogP contribution in [0.3, 0.4) is 0 Å². The molecular formula is C15H24N2O. The third-order valence-electron chi connectivity index (χ3n) is 3.21. The molecule has 3 heteroatoms. The van der Waals surface area contributed by atoms with Crippen molar-refractivity contribution in [3.63, 3.8) is 0 Å². The molecule has 0 bridgehead atoms. The number of carbonyl (C=O) groups excluding carboxylic acids is 1. The SMILES string of the molecule is Cc1ccc(CNC(=O)C(CCN)C(C)C)cc1. The molecule has 0 aliphatic heterocycles. The molecule has 0 aliphatic carbocycles. The topological polar surface area (TPSA) is 55.1 Å². The first kappa shape index (κ1) is 14.7. The molecule has 1 atom stereocenters. The molecule has 0 fully saturated rings. The Morgan fingerprint density at radius 1 is 1.28 bits per heavy atom. The molecule has 1 unspecified atom stereocenters. The van der Waals surface area contributed by atoms with Crippen molar-refractivity contribution in [2.24, 2.45) is 17.6 Å². The van der Waals surface area contributed by atoms with E-state index in [1.807, 2.05) is 12.1 Å². The van der Waals surface area contributed by atoms with Gasteiger partial charge in [-0.3, -0.25) is 4.79 Å². The lowest BCUT2D eigenvalue weighted by molar-refractivity contribution is -0.126.